The Bertz CT molecular complexity index is 308. The van der Waals surface area contributed by atoms with Crippen LogP contribution in [0.5, 0.6) is 0 Å². The topological polar surface area (TPSA) is 60.2 Å². The van der Waals surface area contributed by atoms with Gasteiger partial charge in [0.05, 0.1) is 6.10 Å². The van der Waals surface area contributed by atoms with Crippen molar-refractivity contribution in [3.63, 3.8) is 0 Å². The number of nitrogens with zero attached hydrogens (tertiary/aromatic N) is 2. The van der Waals surface area contributed by atoms with E-state index in [1.807, 2.05) is 7.05 Å². The number of ether oxygens (including phenoxy) is 1. The normalized spacial score (nSPS) is 21.2. The Morgan fingerprint density at radius 1 is 1.44 bits per heavy atom. The average molecular weight is 225 g/mol. The second-order valence-corrected chi connectivity index (χ2v) is 4.15. The van der Waals surface area contributed by atoms with Gasteiger partial charge < -0.3 is 14.6 Å². The Hall–Kier alpha value is -0.940. The van der Waals surface area contributed by atoms with Crippen LogP contribution in [0, 0.1) is 0 Å². The van der Waals surface area contributed by atoms with Gasteiger partial charge in [-0.3, -0.25) is 0 Å². The number of nitrogens with one attached hydrogen (secondary N) is 1. The van der Waals surface area contributed by atoms with Crippen molar-refractivity contribution >= 4 is 0 Å². The number of likely N-dealkylation sites (N-methyl/N-ethyl adjacent to an activating group) is 1. The molecule has 1 N–H and O–H groups in total. The highest BCUT2D eigenvalue weighted by Crippen LogP contribution is 2.15. The van der Waals surface area contributed by atoms with Gasteiger partial charge >= 0.3 is 0 Å². The first-order chi connectivity index (χ1) is 7.88. The summed E-state index contributed by atoms with van der Waals surface area (Å²) in [6, 6.07) is 0. The lowest BCUT2D eigenvalue weighted by molar-refractivity contribution is 0.0153. The molecule has 1 aromatic heterocycles. The molecule has 16 heavy (non-hydrogen) atoms. The van der Waals surface area contributed by atoms with E-state index in [2.05, 4.69) is 15.5 Å². The standard InChI is InChI=1S/C11H19N3O2/c1-12-6-5-11-13-10(14-16-11)8-9-4-2-3-7-15-9/h9,12H,2-8H2,1H3. The Morgan fingerprint density at radius 2 is 2.38 bits per heavy atom. The van der Waals surface area contributed by atoms with Gasteiger partial charge in [0, 0.05) is 26.0 Å². The Balaban J connectivity index is 1.81. The van der Waals surface area contributed by atoms with Crippen LogP contribution >= 0.6 is 0 Å². The summed E-state index contributed by atoms with van der Waals surface area (Å²) in [5, 5.41) is 7.02. The number of rotatable bonds is 5. The molecule has 1 aromatic rings. The van der Waals surface area contributed by atoms with Crippen molar-refractivity contribution in [3.8, 4) is 0 Å². The van der Waals surface area contributed by atoms with E-state index < -0.39 is 0 Å². The molecule has 0 saturated carbocycles. The molecule has 5 heteroatoms. The minimum atomic E-state index is 0.281. The lowest BCUT2D eigenvalue weighted by Crippen LogP contribution is -2.21. The van der Waals surface area contributed by atoms with E-state index in [0.29, 0.717) is 5.89 Å². The van der Waals surface area contributed by atoms with E-state index >= 15 is 0 Å². The van der Waals surface area contributed by atoms with E-state index in [4.69, 9.17) is 9.26 Å². The maximum atomic E-state index is 5.64. The Morgan fingerprint density at radius 3 is 3.12 bits per heavy atom. The third-order valence-corrected chi connectivity index (χ3v) is 2.78. The van der Waals surface area contributed by atoms with Crippen LogP contribution in [0.25, 0.3) is 0 Å². The number of hydrogen-bond donors (Lipinski definition) is 1. The van der Waals surface area contributed by atoms with Crippen LogP contribution in [0.1, 0.15) is 31.0 Å². The molecule has 1 aliphatic heterocycles. The van der Waals surface area contributed by atoms with Crippen LogP contribution in [0.4, 0.5) is 0 Å². The van der Waals surface area contributed by atoms with E-state index in [1.54, 1.807) is 0 Å². The van der Waals surface area contributed by atoms with Crippen LogP contribution in [0.2, 0.25) is 0 Å². The highest BCUT2D eigenvalue weighted by atomic mass is 16.5. The molecule has 1 aliphatic rings. The van der Waals surface area contributed by atoms with Crippen LogP contribution in [0.3, 0.4) is 0 Å². The van der Waals surface area contributed by atoms with Gasteiger partial charge in [0.2, 0.25) is 5.89 Å². The van der Waals surface area contributed by atoms with Crippen LogP contribution in [-0.2, 0) is 17.6 Å². The van der Waals surface area contributed by atoms with Crippen molar-refractivity contribution < 1.29 is 9.26 Å². The quantitative estimate of drug-likeness (QED) is 0.808. The monoisotopic (exact) mass is 225 g/mol. The first-order valence-electron chi connectivity index (χ1n) is 5.96. The lowest BCUT2D eigenvalue weighted by Gasteiger charge is -2.20. The van der Waals surface area contributed by atoms with Gasteiger partial charge in [-0.2, -0.15) is 4.98 Å². The largest absolute Gasteiger partial charge is 0.378 e. The molecule has 2 rings (SSSR count). The minimum Gasteiger partial charge on any atom is -0.378 e. The van der Waals surface area contributed by atoms with Crippen LogP contribution in [0.15, 0.2) is 4.52 Å². The second-order valence-electron chi connectivity index (χ2n) is 4.15. The molecule has 0 aromatic carbocycles. The summed E-state index contributed by atoms with van der Waals surface area (Å²) in [5.41, 5.74) is 0. The molecule has 0 amide bonds. The predicted molar refractivity (Wildman–Crippen MR) is 59.2 cm³/mol. The zero-order valence-corrected chi connectivity index (χ0v) is 9.74. The predicted octanol–water partition coefficient (Wildman–Crippen LogP) is 0.943. The van der Waals surface area contributed by atoms with Gasteiger partial charge in [-0.1, -0.05) is 5.16 Å². The highest BCUT2D eigenvalue weighted by molar-refractivity contribution is 4.89. The molecule has 0 radical (unpaired) electrons. The fraction of sp³-hybridized carbons (Fsp3) is 0.818. The summed E-state index contributed by atoms with van der Waals surface area (Å²) in [6.07, 6.45) is 5.38. The number of aromatic nitrogens is 2. The molecule has 1 saturated heterocycles. The summed E-state index contributed by atoms with van der Waals surface area (Å²) in [7, 11) is 1.91. The fourth-order valence-corrected chi connectivity index (χ4v) is 1.88. The Kier molecular flexibility index (Phi) is 4.30. The molecule has 2 heterocycles. The summed E-state index contributed by atoms with van der Waals surface area (Å²) >= 11 is 0. The van der Waals surface area contributed by atoms with Crippen molar-refractivity contribution in [3.05, 3.63) is 11.7 Å². The zero-order chi connectivity index (χ0) is 11.2. The maximum absolute atomic E-state index is 5.64. The van der Waals surface area contributed by atoms with Gasteiger partial charge in [-0.25, -0.2) is 0 Å². The van der Waals surface area contributed by atoms with Crippen molar-refractivity contribution in [2.24, 2.45) is 0 Å². The number of hydrogen-bond acceptors (Lipinski definition) is 5. The summed E-state index contributed by atoms with van der Waals surface area (Å²) in [6.45, 7) is 1.73. The molecular formula is C11H19N3O2. The molecule has 90 valence electrons. The van der Waals surface area contributed by atoms with Gasteiger partial charge in [0.15, 0.2) is 5.82 Å². The molecule has 0 aliphatic carbocycles. The first-order valence-corrected chi connectivity index (χ1v) is 5.96. The molecule has 1 fully saturated rings. The second kappa shape index (κ2) is 5.96. The molecule has 1 atom stereocenters. The molecule has 0 spiro atoms. The van der Waals surface area contributed by atoms with Crippen molar-refractivity contribution in [2.75, 3.05) is 20.2 Å². The van der Waals surface area contributed by atoms with Gasteiger partial charge in [0.25, 0.3) is 0 Å². The SMILES string of the molecule is CNCCc1nc(CC2CCCCO2)no1. The molecular weight excluding hydrogens is 206 g/mol. The summed E-state index contributed by atoms with van der Waals surface area (Å²) in [5.74, 6) is 1.48. The van der Waals surface area contributed by atoms with Crippen LogP contribution in [-0.4, -0.2) is 36.4 Å². The third kappa shape index (κ3) is 3.28. The molecule has 5 nitrogen and oxygen atoms in total. The molecule has 1 unspecified atom stereocenters. The van der Waals surface area contributed by atoms with E-state index in [9.17, 15) is 0 Å². The Labute approximate surface area is 95.6 Å². The smallest absolute Gasteiger partial charge is 0.227 e. The fourth-order valence-electron chi connectivity index (χ4n) is 1.88. The van der Waals surface area contributed by atoms with Crippen molar-refractivity contribution in [1.82, 2.24) is 15.5 Å². The van der Waals surface area contributed by atoms with E-state index in [0.717, 1.165) is 38.2 Å². The van der Waals surface area contributed by atoms with Gasteiger partial charge in [0.1, 0.15) is 0 Å². The summed E-state index contributed by atoms with van der Waals surface area (Å²) < 4.78 is 10.8. The zero-order valence-electron chi connectivity index (χ0n) is 9.74. The summed E-state index contributed by atoms with van der Waals surface area (Å²) in [4.78, 5) is 4.34. The van der Waals surface area contributed by atoms with E-state index in [1.165, 1.54) is 12.8 Å². The van der Waals surface area contributed by atoms with Crippen LogP contribution < -0.4 is 5.32 Å². The van der Waals surface area contributed by atoms with Crippen molar-refractivity contribution in [2.45, 2.75) is 38.2 Å². The maximum Gasteiger partial charge on any atom is 0.227 e. The average Bonchev–Trinajstić information content (AvgIpc) is 2.75. The highest BCUT2D eigenvalue weighted by Gasteiger charge is 2.17. The molecule has 0 bridgehead atoms. The van der Waals surface area contributed by atoms with E-state index in [-0.39, 0.29) is 6.10 Å². The van der Waals surface area contributed by atoms with Gasteiger partial charge in [-0.05, 0) is 26.3 Å². The van der Waals surface area contributed by atoms with Crippen molar-refractivity contribution in [1.29, 1.82) is 0 Å². The van der Waals surface area contributed by atoms with Gasteiger partial charge in [-0.15, -0.1) is 0 Å². The lowest BCUT2D eigenvalue weighted by atomic mass is 10.1. The minimum absolute atomic E-state index is 0.281. The third-order valence-electron chi connectivity index (χ3n) is 2.78. The first kappa shape index (κ1) is 11.5.